The fourth-order valence-corrected chi connectivity index (χ4v) is 3.00. The number of nitrogens with zero attached hydrogens (tertiary/aromatic N) is 3. The van der Waals surface area contributed by atoms with Crippen LogP contribution in [-0.2, 0) is 0 Å². The Morgan fingerprint density at radius 2 is 1.19 bits per heavy atom. The van der Waals surface area contributed by atoms with Crippen molar-refractivity contribution in [2.24, 2.45) is 0 Å². The van der Waals surface area contributed by atoms with Crippen molar-refractivity contribution in [3.63, 3.8) is 0 Å². The molecule has 0 saturated carbocycles. The van der Waals surface area contributed by atoms with Gasteiger partial charge in [-0.15, -0.1) is 0 Å². The summed E-state index contributed by atoms with van der Waals surface area (Å²) in [5.74, 6) is 1.27. The number of hydrogen-bond acceptors (Lipinski definition) is 7. The van der Waals surface area contributed by atoms with E-state index in [1.54, 1.807) is 19.1 Å². The molecule has 0 aliphatic carbocycles. The lowest BCUT2D eigenvalue weighted by Crippen LogP contribution is -2.11. The third kappa shape index (κ3) is 5.37. The van der Waals surface area contributed by atoms with Crippen molar-refractivity contribution >= 4 is 40.6 Å². The highest BCUT2D eigenvalue weighted by molar-refractivity contribution is 6.04. The number of amides is 1. The topological polar surface area (TPSA) is 104 Å². The Balaban J connectivity index is 1.42. The number of aromatic nitrogens is 3. The zero-order valence-electron chi connectivity index (χ0n) is 17.8. The number of para-hydroxylation sites is 1. The second-order valence-corrected chi connectivity index (χ2v) is 7.00. The minimum Gasteiger partial charge on any atom is -0.388 e. The summed E-state index contributed by atoms with van der Waals surface area (Å²) in [6, 6.07) is 24.3. The van der Waals surface area contributed by atoms with Crippen molar-refractivity contribution in [1.29, 1.82) is 0 Å². The van der Waals surface area contributed by atoms with Crippen molar-refractivity contribution in [2.75, 3.05) is 28.3 Å². The third-order valence-electron chi connectivity index (χ3n) is 4.61. The van der Waals surface area contributed by atoms with Crippen molar-refractivity contribution in [1.82, 2.24) is 15.0 Å². The molecule has 32 heavy (non-hydrogen) atoms. The second-order valence-electron chi connectivity index (χ2n) is 7.00. The summed E-state index contributed by atoms with van der Waals surface area (Å²) in [6.45, 7) is 1.81. The lowest BCUT2D eigenvalue weighted by atomic mass is 10.2. The number of aryl methyl sites for hydroxylation is 1. The zero-order valence-corrected chi connectivity index (χ0v) is 17.8. The number of carbonyl (C=O) groups excluding carboxylic acids is 1. The van der Waals surface area contributed by atoms with Gasteiger partial charge in [0.05, 0.1) is 0 Å². The molecule has 0 spiro atoms. The van der Waals surface area contributed by atoms with Crippen LogP contribution in [0.2, 0.25) is 0 Å². The predicted octanol–water partition coefficient (Wildman–Crippen LogP) is 4.96. The van der Waals surface area contributed by atoms with Gasteiger partial charge in [0, 0.05) is 35.4 Å². The van der Waals surface area contributed by atoms with Gasteiger partial charge in [-0.25, -0.2) is 0 Å². The molecule has 0 saturated heterocycles. The molecule has 160 valence electrons. The first kappa shape index (κ1) is 20.8. The Labute approximate surface area is 186 Å². The maximum absolute atomic E-state index is 12.5. The summed E-state index contributed by atoms with van der Waals surface area (Å²) < 4.78 is 0. The van der Waals surface area contributed by atoms with Gasteiger partial charge in [-0.05, 0) is 67.6 Å². The molecular formula is C24H23N7O. The number of nitrogens with one attached hydrogen (secondary N) is 4. The van der Waals surface area contributed by atoms with Crippen LogP contribution in [0.5, 0.6) is 0 Å². The lowest BCUT2D eigenvalue weighted by Gasteiger charge is -2.10. The number of anilines is 6. The van der Waals surface area contributed by atoms with Crippen molar-refractivity contribution < 1.29 is 4.79 Å². The summed E-state index contributed by atoms with van der Waals surface area (Å²) in [5.41, 5.74) is 3.91. The van der Waals surface area contributed by atoms with Crippen LogP contribution in [0.15, 0.2) is 78.9 Å². The maximum atomic E-state index is 12.5. The van der Waals surface area contributed by atoms with E-state index in [1.165, 1.54) is 0 Å². The monoisotopic (exact) mass is 425 g/mol. The molecule has 0 radical (unpaired) electrons. The van der Waals surface area contributed by atoms with E-state index in [1.807, 2.05) is 73.8 Å². The first-order valence-electron chi connectivity index (χ1n) is 10.1. The first-order valence-corrected chi connectivity index (χ1v) is 10.1. The lowest BCUT2D eigenvalue weighted by molar-refractivity contribution is 0.102. The van der Waals surface area contributed by atoms with E-state index < -0.39 is 0 Å². The Kier molecular flexibility index (Phi) is 6.22. The average Bonchev–Trinajstić information content (AvgIpc) is 2.80. The highest BCUT2D eigenvalue weighted by atomic mass is 16.1. The average molecular weight is 425 g/mol. The fourth-order valence-electron chi connectivity index (χ4n) is 3.00. The molecule has 4 N–H and O–H groups in total. The first-order chi connectivity index (χ1) is 15.6. The van der Waals surface area contributed by atoms with Crippen LogP contribution < -0.4 is 21.3 Å². The molecule has 8 heteroatoms. The van der Waals surface area contributed by atoms with Gasteiger partial charge in [0.1, 0.15) is 5.82 Å². The quantitative estimate of drug-likeness (QED) is 0.332. The van der Waals surface area contributed by atoms with Crippen molar-refractivity contribution in [3.8, 4) is 0 Å². The summed E-state index contributed by atoms with van der Waals surface area (Å²) in [6.07, 6.45) is 0. The smallest absolute Gasteiger partial charge is 0.255 e. The van der Waals surface area contributed by atoms with Gasteiger partial charge in [0.25, 0.3) is 5.91 Å². The summed E-state index contributed by atoms with van der Waals surface area (Å²) in [4.78, 5) is 25.6. The van der Waals surface area contributed by atoms with Crippen LogP contribution >= 0.6 is 0 Å². The minimum absolute atomic E-state index is 0.181. The molecule has 0 atom stereocenters. The third-order valence-corrected chi connectivity index (χ3v) is 4.61. The Bertz CT molecular complexity index is 1190. The molecule has 0 fully saturated rings. The highest BCUT2D eigenvalue weighted by Crippen LogP contribution is 2.19. The molecule has 0 unspecified atom stereocenters. The fraction of sp³-hybridized carbons (Fsp3) is 0.0833. The van der Waals surface area contributed by atoms with Crippen molar-refractivity contribution in [3.05, 3.63) is 90.3 Å². The molecule has 0 bridgehead atoms. The van der Waals surface area contributed by atoms with E-state index in [0.717, 1.165) is 22.7 Å². The van der Waals surface area contributed by atoms with E-state index in [0.29, 0.717) is 23.3 Å². The second kappa shape index (κ2) is 9.57. The van der Waals surface area contributed by atoms with E-state index in [9.17, 15) is 4.79 Å². The Morgan fingerprint density at radius 3 is 1.78 bits per heavy atom. The minimum atomic E-state index is -0.181. The van der Waals surface area contributed by atoms with Crippen LogP contribution in [0.3, 0.4) is 0 Å². The maximum Gasteiger partial charge on any atom is 0.255 e. The van der Waals surface area contributed by atoms with Crippen LogP contribution in [0, 0.1) is 6.92 Å². The van der Waals surface area contributed by atoms with Crippen LogP contribution in [0.1, 0.15) is 16.2 Å². The summed E-state index contributed by atoms with van der Waals surface area (Å²) in [7, 11) is 1.85. The standard InChI is InChI=1S/C24H23N7O/c1-16-26-23(29-19-6-4-3-5-7-19)31-24(27-16)30-21-10-8-17(9-11-21)22(32)28-20-14-12-18(25-2)13-15-20/h3-15,25H,1-2H3,(H,28,32)(H2,26,27,29,30,31). The van der Waals surface area contributed by atoms with E-state index in [2.05, 4.69) is 36.2 Å². The predicted molar refractivity (Wildman–Crippen MR) is 128 cm³/mol. The largest absolute Gasteiger partial charge is 0.388 e. The SMILES string of the molecule is CNc1ccc(NC(=O)c2ccc(Nc3nc(C)nc(Nc4ccccc4)n3)cc2)cc1. The molecule has 8 nitrogen and oxygen atoms in total. The number of hydrogen-bond donors (Lipinski definition) is 4. The van der Waals surface area contributed by atoms with E-state index in [4.69, 9.17) is 0 Å². The van der Waals surface area contributed by atoms with Gasteiger partial charge < -0.3 is 21.3 Å². The van der Waals surface area contributed by atoms with E-state index in [-0.39, 0.29) is 5.91 Å². The molecule has 1 amide bonds. The van der Waals surface area contributed by atoms with E-state index >= 15 is 0 Å². The number of benzene rings is 3. The molecule has 1 heterocycles. The number of carbonyl (C=O) groups is 1. The molecule has 4 aromatic rings. The molecule has 1 aromatic heterocycles. The molecule has 0 aliphatic heterocycles. The van der Waals surface area contributed by atoms with Gasteiger partial charge in [0.2, 0.25) is 11.9 Å². The van der Waals surface area contributed by atoms with Crippen molar-refractivity contribution in [2.45, 2.75) is 6.92 Å². The molecule has 4 rings (SSSR count). The van der Waals surface area contributed by atoms with Gasteiger partial charge in [-0.2, -0.15) is 15.0 Å². The Hall–Kier alpha value is -4.46. The van der Waals surface area contributed by atoms with Gasteiger partial charge in [-0.1, -0.05) is 18.2 Å². The highest BCUT2D eigenvalue weighted by Gasteiger charge is 2.08. The molecule has 0 aliphatic rings. The van der Waals surface area contributed by atoms with Gasteiger partial charge in [0.15, 0.2) is 0 Å². The Morgan fingerprint density at radius 1 is 0.656 bits per heavy atom. The zero-order chi connectivity index (χ0) is 22.3. The van der Waals surface area contributed by atoms with Crippen LogP contribution in [0.25, 0.3) is 0 Å². The normalized spacial score (nSPS) is 10.3. The van der Waals surface area contributed by atoms with Crippen LogP contribution in [0.4, 0.5) is 34.6 Å². The van der Waals surface area contributed by atoms with Gasteiger partial charge >= 0.3 is 0 Å². The summed E-state index contributed by atoms with van der Waals surface area (Å²) >= 11 is 0. The van der Waals surface area contributed by atoms with Crippen LogP contribution in [-0.4, -0.2) is 27.9 Å². The molecule has 3 aromatic carbocycles. The molecular weight excluding hydrogens is 402 g/mol. The summed E-state index contributed by atoms with van der Waals surface area (Å²) in [5, 5.41) is 12.3. The number of rotatable bonds is 7. The van der Waals surface area contributed by atoms with Gasteiger partial charge in [-0.3, -0.25) is 4.79 Å².